The monoisotopic (exact) mass is 222 g/mol. The third-order valence-corrected chi connectivity index (χ3v) is 2.26. The van der Waals surface area contributed by atoms with E-state index in [0.29, 0.717) is 6.08 Å². The SMILES string of the molecule is CS(=O)(=O)CCC(=CC(=O)O)C(=O)O. The van der Waals surface area contributed by atoms with Gasteiger partial charge in [0, 0.05) is 17.9 Å². The molecule has 80 valence electrons. The minimum absolute atomic E-state index is 0.305. The lowest BCUT2D eigenvalue weighted by Gasteiger charge is -1.99. The van der Waals surface area contributed by atoms with Gasteiger partial charge in [0.2, 0.25) is 0 Å². The molecule has 0 saturated carbocycles. The number of carbonyl (C=O) groups is 2. The van der Waals surface area contributed by atoms with E-state index in [9.17, 15) is 18.0 Å². The molecule has 0 aliphatic heterocycles. The molecule has 0 amide bonds. The molecule has 0 rings (SSSR count). The highest BCUT2D eigenvalue weighted by Crippen LogP contribution is 2.03. The van der Waals surface area contributed by atoms with E-state index in [1.807, 2.05) is 0 Å². The second-order valence-electron chi connectivity index (χ2n) is 2.69. The largest absolute Gasteiger partial charge is 0.478 e. The Kier molecular flexibility index (Phi) is 4.29. The van der Waals surface area contributed by atoms with E-state index in [2.05, 4.69) is 0 Å². The number of rotatable bonds is 5. The Balaban J connectivity index is 4.57. The van der Waals surface area contributed by atoms with Crippen molar-refractivity contribution in [1.82, 2.24) is 0 Å². The fourth-order valence-corrected chi connectivity index (χ4v) is 1.28. The molecule has 0 aromatic rings. The molecule has 0 heterocycles. The summed E-state index contributed by atoms with van der Waals surface area (Å²) < 4.78 is 21.4. The summed E-state index contributed by atoms with van der Waals surface area (Å²) in [6.07, 6.45) is 1.14. The van der Waals surface area contributed by atoms with E-state index in [1.165, 1.54) is 0 Å². The predicted molar refractivity (Wildman–Crippen MR) is 47.7 cm³/mol. The Labute approximate surface area is 80.8 Å². The lowest BCUT2D eigenvalue weighted by molar-refractivity contribution is -0.135. The first-order chi connectivity index (χ1) is 6.22. The molecule has 0 atom stereocenters. The van der Waals surface area contributed by atoms with Gasteiger partial charge in [-0.05, 0) is 6.42 Å². The van der Waals surface area contributed by atoms with Crippen molar-refractivity contribution in [1.29, 1.82) is 0 Å². The van der Waals surface area contributed by atoms with Gasteiger partial charge in [0.15, 0.2) is 0 Å². The van der Waals surface area contributed by atoms with Crippen LogP contribution in [0.2, 0.25) is 0 Å². The predicted octanol–water partition coefficient (Wildman–Crippen LogP) is -0.483. The van der Waals surface area contributed by atoms with Crippen molar-refractivity contribution in [2.45, 2.75) is 6.42 Å². The average Bonchev–Trinajstić information content (AvgIpc) is 1.94. The molecule has 0 bridgehead atoms. The highest BCUT2D eigenvalue weighted by atomic mass is 32.2. The van der Waals surface area contributed by atoms with Gasteiger partial charge in [-0.2, -0.15) is 0 Å². The van der Waals surface area contributed by atoms with Crippen LogP contribution in [0.4, 0.5) is 0 Å². The summed E-state index contributed by atoms with van der Waals surface area (Å²) in [4.78, 5) is 20.6. The van der Waals surface area contributed by atoms with Crippen LogP contribution in [0.1, 0.15) is 6.42 Å². The molecule has 0 radical (unpaired) electrons. The standard InChI is InChI=1S/C7H10O6S/c1-14(12,13)3-2-5(7(10)11)4-6(8)9/h4H,2-3H2,1H3,(H,8,9)(H,10,11). The minimum Gasteiger partial charge on any atom is -0.478 e. The zero-order chi connectivity index (χ0) is 11.4. The summed E-state index contributed by atoms with van der Waals surface area (Å²) in [5.41, 5.74) is -0.428. The molecular weight excluding hydrogens is 212 g/mol. The number of aliphatic carboxylic acids is 2. The molecule has 2 N–H and O–H groups in total. The van der Waals surface area contributed by atoms with Gasteiger partial charge >= 0.3 is 11.9 Å². The van der Waals surface area contributed by atoms with Gasteiger partial charge in [0.05, 0.1) is 5.75 Å². The summed E-state index contributed by atoms with van der Waals surface area (Å²) in [7, 11) is -3.29. The average molecular weight is 222 g/mol. The van der Waals surface area contributed by atoms with Gasteiger partial charge in [-0.15, -0.1) is 0 Å². The molecule has 0 aromatic carbocycles. The van der Waals surface area contributed by atoms with Crippen LogP contribution in [0, 0.1) is 0 Å². The van der Waals surface area contributed by atoms with E-state index >= 15 is 0 Å². The van der Waals surface area contributed by atoms with Crippen LogP contribution in [0.25, 0.3) is 0 Å². The van der Waals surface area contributed by atoms with Gasteiger partial charge in [-0.3, -0.25) is 0 Å². The van der Waals surface area contributed by atoms with Crippen molar-refractivity contribution in [2.24, 2.45) is 0 Å². The van der Waals surface area contributed by atoms with Crippen LogP contribution in [0.15, 0.2) is 11.6 Å². The molecule has 7 heteroatoms. The Bertz CT molecular complexity index is 364. The van der Waals surface area contributed by atoms with Gasteiger partial charge in [0.25, 0.3) is 0 Å². The van der Waals surface area contributed by atoms with E-state index in [4.69, 9.17) is 10.2 Å². The van der Waals surface area contributed by atoms with Crippen molar-refractivity contribution in [3.63, 3.8) is 0 Å². The maximum atomic E-state index is 10.7. The van der Waals surface area contributed by atoms with Crippen molar-refractivity contribution in [2.75, 3.05) is 12.0 Å². The third kappa shape index (κ3) is 6.18. The van der Waals surface area contributed by atoms with Crippen molar-refractivity contribution in [3.05, 3.63) is 11.6 Å². The Hall–Kier alpha value is -1.37. The number of hydrogen-bond donors (Lipinski definition) is 2. The molecule has 0 aliphatic rings. The summed E-state index contributed by atoms with van der Waals surface area (Å²) in [5.74, 6) is -3.20. The third-order valence-electron chi connectivity index (χ3n) is 1.31. The summed E-state index contributed by atoms with van der Waals surface area (Å²) in [6, 6.07) is 0. The Morgan fingerprint density at radius 3 is 2.07 bits per heavy atom. The number of carboxylic acid groups (broad SMARTS) is 2. The van der Waals surface area contributed by atoms with Crippen molar-refractivity contribution >= 4 is 21.8 Å². The van der Waals surface area contributed by atoms with Crippen LogP contribution in [0.3, 0.4) is 0 Å². The topological polar surface area (TPSA) is 109 Å². The van der Waals surface area contributed by atoms with Gasteiger partial charge in [-0.1, -0.05) is 0 Å². The van der Waals surface area contributed by atoms with Crippen molar-refractivity contribution in [3.8, 4) is 0 Å². The van der Waals surface area contributed by atoms with Gasteiger partial charge in [-0.25, -0.2) is 18.0 Å². The Morgan fingerprint density at radius 2 is 1.79 bits per heavy atom. The Morgan fingerprint density at radius 1 is 1.29 bits per heavy atom. The fourth-order valence-electron chi connectivity index (χ4n) is 0.685. The maximum Gasteiger partial charge on any atom is 0.331 e. The highest BCUT2D eigenvalue weighted by molar-refractivity contribution is 7.90. The number of sulfone groups is 1. The zero-order valence-electron chi connectivity index (χ0n) is 7.43. The summed E-state index contributed by atoms with van der Waals surface area (Å²) >= 11 is 0. The second-order valence-corrected chi connectivity index (χ2v) is 4.95. The molecule has 6 nitrogen and oxygen atoms in total. The van der Waals surface area contributed by atoms with Crippen LogP contribution >= 0.6 is 0 Å². The quantitative estimate of drug-likeness (QED) is 0.608. The fraction of sp³-hybridized carbons (Fsp3) is 0.429. The van der Waals surface area contributed by atoms with E-state index in [1.54, 1.807) is 0 Å². The van der Waals surface area contributed by atoms with Crippen LogP contribution in [-0.4, -0.2) is 42.6 Å². The molecule has 0 aliphatic carbocycles. The number of carboxylic acids is 2. The first kappa shape index (κ1) is 12.6. The van der Waals surface area contributed by atoms with E-state index < -0.39 is 27.3 Å². The maximum absolute atomic E-state index is 10.7. The highest BCUT2D eigenvalue weighted by Gasteiger charge is 2.12. The number of hydrogen-bond acceptors (Lipinski definition) is 4. The molecule has 14 heavy (non-hydrogen) atoms. The van der Waals surface area contributed by atoms with Crippen LogP contribution in [-0.2, 0) is 19.4 Å². The van der Waals surface area contributed by atoms with Gasteiger partial charge < -0.3 is 10.2 Å². The zero-order valence-corrected chi connectivity index (χ0v) is 8.24. The second kappa shape index (κ2) is 4.75. The summed E-state index contributed by atoms with van der Waals surface area (Å²) in [6.45, 7) is 0. The van der Waals surface area contributed by atoms with Crippen LogP contribution < -0.4 is 0 Å². The van der Waals surface area contributed by atoms with Gasteiger partial charge in [0.1, 0.15) is 9.84 Å². The van der Waals surface area contributed by atoms with E-state index in [0.717, 1.165) is 6.26 Å². The first-order valence-electron chi connectivity index (χ1n) is 3.57. The molecule has 0 saturated heterocycles. The van der Waals surface area contributed by atoms with Crippen molar-refractivity contribution < 1.29 is 28.2 Å². The first-order valence-corrected chi connectivity index (χ1v) is 5.63. The molecule has 0 aromatic heterocycles. The summed E-state index contributed by atoms with van der Waals surface area (Å²) in [5, 5.41) is 16.8. The molecule has 0 unspecified atom stereocenters. The smallest absolute Gasteiger partial charge is 0.331 e. The lowest BCUT2D eigenvalue weighted by Crippen LogP contribution is -2.10. The lowest BCUT2D eigenvalue weighted by atomic mass is 10.2. The molecule has 0 fully saturated rings. The molecule has 0 spiro atoms. The normalized spacial score (nSPS) is 12.5. The van der Waals surface area contributed by atoms with Crippen LogP contribution in [0.5, 0.6) is 0 Å². The van der Waals surface area contributed by atoms with E-state index in [-0.39, 0.29) is 12.2 Å². The molecular formula is C7H10O6S. The minimum atomic E-state index is -3.29.